The number of aliphatic hydroxyl groups excluding tert-OH is 1. The number of carboxylic acid groups (broad SMARTS) is 2. The van der Waals surface area contributed by atoms with Gasteiger partial charge in [-0.2, -0.15) is 0 Å². The average Bonchev–Trinajstić information content (AvgIpc) is 2.43. The number of carbonyl (C=O) groups excluding carboxylic acids is 5. The molecule has 150 valence electrons. The van der Waals surface area contributed by atoms with Gasteiger partial charge >= 0.3 is 42.2 Å². The molecule has 14 heteroatoms. The molecule has 0 aromatic carbocycles. The Kier molecular flexibility index (Phi) is 8.52. The predicted octanol–water partition coefficient (Wildman–Crippen LogP) is -1.04. The zero-order valence-electron chi connectivity index (χ0n) is 13.8. The van der Waals surface area contributed by atoms with Crippen molar-refractivity contribution in [1.82, 2.24) is 0 Å². The lowest BCUT2D eigenvalue weighted by Crippen LogP contribution is -2.50. The predicted molar refractivity (Wildman–Crippen MR) is 74.7 cm³/mol. The molecule has 14 nitrogen and oxygen atoms in total. The van der Waals surface area contributed by atoms with Crippen LogP contribution in [0.25, 0.3) is 0 Å². The molecule has 0 fully saturated rings. The van der Waals surface area contributed by atoms with Gasteiger partial charge in [-0.25, -0.2) is 19.2 Å². The highest BCUT2D eigenvalue weighted by atomic mass is 16.7. The van der Waals surface area contributed by atoms with Crippen LogP contribution < -0.4 is 0 Å². The molecule has 0 aromatic rings. The molecule has 0 saturated carbocycles. The first-order valence-corrected chi connectivity index (χ1v) is 6.80. The molecule has 1 atom stereocenters. The summed E-state index contributed by atoms with van der Waals surface area (Å²) in [6.45, 7) is 1.60. The molecule has 0 saturated heterocycles. The molecule has 1 unspecified atom stereocenters. The largest absolute Gasteiger partial charge is 0.513 e. The van der Waals surface area contributed by atoms with Crippen LogP contribution in [0.2, 0.25) is 0 Å². The van der Waals surface area contributed by atoms with E-state index >= 15 is 0 Å². The van der Waals surface area contributed by atoms with Crippen molar-refractivity contribution in [1.29, 1.82) is 0 Å². The van der Waals surface area contributed by atoms with Crippen LogP contribution >= 0.6 is 0 Å². The van der Waals surface area contributed by atoms with Crippen LogP contribution in [0.4, 0.5) is 9.59 Å². The standard InChI is InChI=1S/C13H14O14/c1-5(14)9(18)27-13(10(19)24-6(2)15,3-7(16)25-11(20)21)4-8(17)26-12(22)23/h5,14H,3-4H2,1-2H3,(H,20,21)(H,22,23). The smallest absolute Gasteiger partial charge is 0.449 e. The van der Waals surface area contributed by atoms with Gasteiger partial charge in [-0.15, -0.1) is 0 Å². The zero-order chi connectivity index (χ0) is 21.4. The summed E-state index contributed by atoms with van der Waals surface area (Å²) in [6.07, 6.45) is -9.12. The maximum Gasteiger partial charge on any atom is 0.513 e. The first-order valence-electron chi connectivity index (χ1n) is 6.80. The summed E-state index contributed by atoms with van der Waals surface area (Å²) in [7, 11) is 0. The van der Waals surface area contributed by atoms with Crippen molar-refractivity contribution in [2.45, 2.75) is 38.4 Å². The maximum atomic E-state index is 12.2. The fourth-order valence-electron chi connectivity index (χ4n) is 1.56. The van der Waals surface area contributed by atoms with Crippen molar-refractivity contribution >= 4 is 42.2 Å². The molecular formula is C13H14O14. The minimum atomic E-state index is -3.06. The first-order chi connectivity index (χ1) is 12.3. The number of aliphatic hydroxyl groups is 1. The molecule has 0 amide bonds. The Balaban J connectivity index is 6.02. The molecule has 27 heavy (non-hydrogen) atoms. The van der Waals surface area contributed by atoms with Gasteiger partial charge in [-0.05, 0) is 6.92 Å². The molecular weight excluding hydrogens is 380 g/mol. The zero-order valence-corrected chi connectivity index (χ0v) is 13.8. The van der Waals surface area contributed by atoms with Crippen LogP contribution in [0.3, 0.4) is 0 Å². The normalized spacial score (nSPS) is 11.5. The summed E-state index contributed by atoms with van der Waals surface area (Å²) in [5.74, 6) is -8.18. The van der Waals surface area contributed by atoms with Gasteiger partial charge in [0, 0.05) is 6.92 Å². The van der Waals surface area contributed by atoms with Gasteiger partial charge < -0.3 is 34.3 Å². The van der Waals surface area contributed by atoms with E-state index in [2.05, 4.69) is 18.9 Å². The summed E-state index contributed by atoms with van der Waals surface area (Å²) < 4.78 is 16.2. The highest BCUT2D eigenvalue weighted by molar-refractivity contribution is 5.98. The Morgan fingerprint density at radius 1 is 0.852 bits per heavy atom. The quantitative estimate of drug-likeness (QED) is 0.267. The highest BCUT2D eigenvalue weighted by Gasteiger charge is 2.50. The van der Waals surface area contributed by atoms with Crippen molar-refractivity contribution in [2.24, 2.45) is 0 Å². The second kappa shape index (κ2) is 9.81. The summed E-state index contributed by atoms with van der Waals surface area (Å²) in [4.78, 5) is 78.8. The van der Waals surface area contributed by atoms with Gasteiger partial charge in [0.2, 0.25) is 5.60 Å². The molecule has 0 bridgehead atoms. The minimum Gasteiger partial charge on any atom is -0.449 e. The van der Waals surface area contributed by atoms with Crippen LogP contribution in [0, 0.1) is 0 Å². The number of rotatable bonds is 7. The van der Waals surface area contributed by atoms with Crippen molar-refractivity contribution in [3.63, 3.8) is 0 Å². The number of ether oxygens (including phenoxy) is 4. The van der Waals surface area contributed by atoms with E-state index in [-0.39, 0.29) is 0 Å². The third-order valence-corrected chi connectivity index (χ3v) is 2.51. The molecule has 0 aliphatic carbocycles. The maximum absolute atomic E-state index is 12.2. The van der Waals surface area contributed by atoms with E-state index < -0.39 is 66.7 Å². The lowest BCUT2D eigenvalue weighted by Gasteiger charge is -2.29. The molecule has 3 N–H and O–H groups in total. The Hall–Kier alpha value is -3.55. The van der Waals surface area contributed by atoms with Gasteiger partial charge in [0.25, 0.3) is 0 Å². The van der Waals surface area contributed by atoms with Crippen LogP contribution in [0.15, 0.2) is 0 Å². The monoisotopic (exact) mass is 394 g/mol. The molecule has 0 rings (SSSR count). The van der Waals surface area contributed by atoms with Crippen LogP contribution in [0.5, 0.6) is 0 Å². The molecule has 0 radical (unpaired) electrons. The first kappa shape index (κ1) is 23.4. The third-order valence-electron chi connectivity index (χ3n) is 2.51. The van der Waals surface area contributed by atoms with E-state index in [1.165, 1.54) is 0 Å². The SMILES string of the molecule is CC(=O)OC(=O)C(CC(=O)OC(=O)O)(CC(=O)OC(=O)O)OC(=O)C(C)O. The lowest BCUT2D eigenvalue weighted by atomic mass is 9.94. The summed E-state index contributed by atoms with van der Waals surface area (Å²) in [6, 6.07) is 0. The molecule has 0 aromatic heterocycles. The van der Waals surface area contributed by atoms with Crippen molar-refractivity contribution in [3.8, 4) is 0 Å². The Morgan fingerprint density at radius 3 is 1.56 bits per heavy atom. The van der Waals surface area contributed by atoms with E-state index in [0.717, 1.165) is 13.8 Å². The third kappa shape index (κ3) is 8.39. The van der Waals surface area contributed by atoms with E-state index in [9.17, 15) is 38.7 Å². The van der Waals surface area contributed by atoms with Crippen molar-refractivity contribution in [2.75, 3.05) is 0 Å². The van der Waals surface area contributed by atoms with Crippen LogP contribution in [0.1, 0.15) is 26.7 Å². The number of hydrogen-bond acceptors (Lipinski definition) is 12. The fraction of sp³-hybridized carbons (Fsp3) is 0.462. The van der Waals surface area contributed by atoms with Gasteiger partial charge in [0.15, 0.2) is 0 Å². The summed E-state index contributed by atoms with van der Waals surface area (Å²) >= 11 is 0. The number of carbonyl (C=O) groups is 7. The topological polar surface area (TPSA) is 217 Å². The van der Waals surface area contributed by atoms with Crippen molar-refractivity contribution < 1.29 is 67.8 Å². The summed E-state index contributed by atoms with van der Waals surface area (Å²) in [5, 5.41) is 26.0. The summed E-state index contributed by atoms with van der Waals surface area (Å²) in [5.41, 5.74) is -3.06. The highest BCUT2D eigenvalue weighted by Crippen LogP contribution is 2.26. The van der Waals surface area contributed by atoms with Crippen LogP contribution in [-0.4, -0.2) is 69.2 Å². The van der Waals surface area contributed by atoms with Gasteiger partial charge in [-0.3, -0.25) is 14.4 Å². The molecule has 0 heterocycles. The van der Waals surface area contributed by atoms with E-state index in [1.807, 2.05) is 0 Å². The molecule has 0 aliphatic rings. The van der Waals surface area contributed by atoms with E-state index in [0.29, 0.717) is 0 Å². The lowest BCUT2D eigenvalue weighted by molar-refractivity contribution is -0.195. The molecule has 0 spiro atoms. The average molecular weight is 394 g/mol. The minimum absolute atomic E-state index is 0.726. The van der Waals surface area contributed by atoms with Gasteiger partial charge in [0.05, 0.1) is 12.8 Å². The number of esters is 5. The second-order valence-electron chi connectivity index (χ2n) is 4.81. The number of hydrogen-bond donors (Lipinski definition) is 3. The Bertz CT molecular complexity index is 630. The van der Waals surface area contributed by atoms with E-state index in [4.69, 9.17) is 10.2 Å². The fourth-order valence-corrected chi connectivity index (χ4v) is 1.56. The second-order valence-corrected chi connectivity index (χ2v) is 4.81. The van der Waals surface area contributed by atoms with Gasteiger partial charge in [-0.1, -0.05) is 0 Å². The van der Waals surface area contributed by atoms with Crippen molar-refractivity contribution in [3.05, 3.63) is 0 Å². The van der Waals surface area contributed by atoms with Gasteiger partial charge in [0.1, 0.15) is 6.10 Å². The Labute approximate surface area is 149 Å². The Morgan fingerprint density at radius 2 is 1.26 bits per heavy atom. The van der Waals surface area contributed by atoms with Crippen LogP contribution in [-0.2, 0) is 42.9 Å². The van der Waals surface area contributed by atoms with E-state index in [1.54, 1.807) is 0 Å². The molecule has 0 aliphatic heterocycles.